The Kier molecular flexibility index (Phi) is 7.92. The number of sulfonamides is 1. The molecule has 1 fully saturated rings. The van der Waals surface area contributed by atoms with Gasteiger partial charge in [-0.15, -0.1) is 0 Å². The van der Waals surface area contributed by atoms with Gasteiger partial charge in [0.15, 0.2) is 0 Å². The van der Waals surface area contributed by atoms with E-state index in [9.17, 15) is 13.5 Å². The van der Waals surface area contributed by atoms with E-state index in [1.54, 1.807) is 22.5 Å². The summed E-state index contributed by atoms with van der Waals surface area (Å²) in [5.74, 6) is 3.42. The van der Waals surface area contributed by atoms with Crippen molar-refractivity contribution in [2.75, 3.05) is 22.4 Å². The van der Waals surface area contributed by atoms with Crippen molar-refractivity contribution in [1.82, 2.24) is 0 Å². The van der Waals surface area contributed by atoms with Crippen molar-refractivity contribution in [3.63, 3.8) is 0 Å². The molecule has 33 heavy (non-hydrogen) atoms. The molecule has 7 heteroatoms. The van der Waals surface area contributed by atoms with E-state index in [4.69, 9.17) is 4.74 Å². The van der Waals surface area contributed by atoms with Crippen LogP contribution in [0.1, 0.15) is 56.2 Å². The number of benzene rings is 2. The fourth-order valence-corrected chi connectivity index (χ4v) is 7.87. The summed E-state index contributed by atoms with van der Waals surface area (Å²) >= 11 is 1.98. The molecule has 0 aliphatic carbocycles. The first-order chi connectivity index (χ1) is 16.0. The molecular weight excluding hydrogens is 454 g/mol. The van der Waals surface area contributed by atoms with Gasteiger partial charge in [0.05, 0.1) is 23.8 Å². The lowest BCUT2D eigenvalue weighted by Crippen LogP contribution is -2.43. The van der Waals surface area contributed by atoms with Crippen LogP contribution in [0.4, 0.5) is 5.69 Å². The second-order valence-corrected chi connectivity index (χ2v) is 12.1. The summed E-state index contributed by atoms with van der Waals surface area (Å²) in [4.78, 5) is 0.207. The zero-order valence-electron chi connectivity index (χ0n) is 19.6. The Labute approximate surface area is 202 Å². The van der Waals surface area contributed by atoms with Gasteiger partial charge in [-0.3, -0.25) is 4.31 Å². The van der Waals surface area contributed by atoms with Crippen LogP contribution in [0.25, 0.3) is 0 Å². The van der Waals surface area contributed by atoms with Crippen molar-refractivity contribution in [1.29, 1.82) is 0 Å². The second-order valence-electron chi connectivity index (χ2n) is 9.01. The van der Waals surface area contributed by atoms with Crippen LogP contribution in [0.5, 0.6) is 5.75 Å². The van der Waals surface area contributed by atoms with Crippen LogP contribution in [-0.4, -0.2) is 37.7 Å². The highest BCUT2D eigenvalue weighted by atomic mass is 32.2. The van der Waals surface area contributed by atoms with Gasteiger partial charge in [0.1, 0.15) is 5.75 Å². The number of nitrogens with zero attached hydrogens (tertiary/aromatic N) is 1. The maximum Gasteiger partial charge on any atom is 0.264 e. The van der Waals surface area contributed by atoms with Crippen molar-refractivity contribution in [3.8, 4) is 5.75 Å². The third kappa shape index (κ3) is 5.20. The van der Waals surface area contributed by atoms with Gasteiger partial charge in [0.2, 0.25) is 0 Å². The standard InChI is InChI=1S/C26H35NO4S2/c1-3-19-5-9-25-21(15-19)6-7-23(4-2)27(25)33(29,30)24-8-10-26(22(16-24)17-28)31-18-20-11-13-32-14-12-20/h5,8-10,15-16,20,23,28H,3-4,6-7,11-14,17-18H2,1-2H3. The van der Waals surface area contributed by atoms with Gasteiger partial charge < -0.3 is 9.84 Å². The molecule has 0 radical (unpaired) electrons. The molecule has 4 rings (SSSR count). The Hall–Kier alpha value is -1.70. The molecule has 1 N–H and O–H groups in total. The summed E-state index contributed by atoms with van der Waals surface area (Å²) in [7, 11) is -3.78. The Bertz CT molecular complexity index is 1060. The van der Waals surface area contributed by atoms with Crippen LogP contribution in [0, 0.1) is 5.92 Å². The lowest BCUT2D eigenvalue weighted by atomic mass is 9.94. The van der Waals surface area contributed by atoms with Gasteiger partial charge in [0.25, 0.3) is 10.0 Å². The number of thioether (sulfide) groups is 1. The Morgan fingerprint density at radius 1 is 1.09 bits per heavy atom. The Morgan fingerprint density at radius 3 is 2.58 bits per heavy atom. The van der Waals surface area contributed by atoms with Crippen molar-refractivity contribution in [2.45, 2.75) is 69.9 Å². The number of ether oxygens (including phenoxy) is 1. The van der Waals surface area contributed by atoms with E-state index in [0.29, 0.717) is 23.8 Å². The topological polar surface area (TPSA) is 66.8 Å². The van der Waals surface area contributed by atoms with Crippen molar-refractivity contribution in [3.05, 3.63) is 53.1 Å². The average molecular weight is 490 g/mol. The highest BCUT2D eigenvalue weighted by molar-refractivity contribution is 7.99. The zero-order chi connectivity index (χ0) is 23.4. The molecule has 2 aliphatic heterocycles. The van der Waals surface area contributed by atoms with Gasteiger partial charge in [-0.2, -0.15) is 11.8 Å². The Balaban J connectivity index is 1.63. The molecule has 180 valence electrons. The van der Waals surface area contributed by atoms with Crippen LogP contribution >= 0.6 is 11.8 Å². The molecule has 1 atom stereocenters. The number of hydrogen-bond donors (Lipinski definition) is 1. The first-order valence-corrected chi connectivity index (χ1v) is 14.7. The SMILES string of the molecule is CCc1ccc2c(c1)CCC(CC)N2S(=O)(=O)c1ccc(OCC2CCSCC2)c(CO)c1. The smallest absolute Gasteiger partial charge is 0.264 e. The number of rotatable bonds is 8. The molecule has 0 amide bonds. The van der Waals surface area contributed by atoms with E-state index in [2.05, 4.69) is 13.0 Å². The van der Waals surface area contributed by atoms with Gasteiger partial charge in [-0.05, 0) is 91.3 Å². The van der Waals surface area contributed by atoms with E-state index in [0.717, 1.165) is 61.3 Å². The molecule has 2 aromatic carbocycles. The number of fused-ring (bicyclic) bond motifs is 1. The lowest BCUT2D eigenvalue weighted by molar-refractivity contribution is 0.226. The van der Waals surface area contributed by atoms with Gasteiger partial charge in [-0.1, -0.05) is 26.0 Å². The number of hydrogen-bond acceptors (Lipinski definition) is 5. The van der Waals surface area contributed by atoms with Crippen molar-refractivity contribution in [2.24, 2.45) is 5.92 Å². The maximum absolute atomic E-state index is 13.9. The molecule has 0 spiro atoms. The van der Waals surface area contributed by atoms with Gasteiger partial charge >= 0.3 is 0 Å². The third-order valence-corrected chi connectivity index (χ3v) is 9.83. The van der Waals surface area contributed by atoms with Crippen LogP contribution in [0.2, 0.25) is 0 Å². The third-order valence-electron chi connectivity index (χ3n) is 6.91. The van der Waals surface area contributed by atoms with Crippen LogP contribution in [-0.2, 0) is 29.5 Å². The van der Waals surface area contributed by atoms with Gasteiger partial charge in [-0.25, -0.2) is 8.42 Å². The zero-order valence-corrected chi connectivity index (χ0v) is 21.3. The highest BCUT2D eigenvalue weighted by Gasteiger charge is 2.35. The highest BCUT2D eigenvalue weighted by Crippen LogP contribution is 2.38. The summed E-state index contributed by atoms with van der Waals surface area (Å²) in [5, 5.41) is 9.98. The van der Waals surface area contributed by atoms with Crippen molar-refractivity contribution >= 4 is 27.5 Å². The van der Waals surface area contributed by atoms with E-state index in [1.165, 1.54) is 5.56 Å². The van der Waals surface area contributed by atoms with E-state index < -0.39 is 10.0 Å². The number of aliphatic hydroxyl groups is 1. The summed E-state index contributed by atoms with van der Waals surface area (Å²) in [6.45, 7) is 4.50. The molecule has 2 heterocycles. The molecule has 5 nitrogen and oxygen atoms in total. The minimum atomic E-state index is -3.78. The molecule has 0 bridgehead atoms. The van der Waals surface area contributed by atoms with Crippen LogP contribution < -0.4 is 9.04 Å². The predicted octanol–water partition coefficient (Wildman–Crippen LogP) is 5.18. The normalized spacial score (nSPS) is 19.4. The maximum atomic E-state index is 13.9. The number of aliphatic hydroxyl groups excluding tert-OH is 1. The molecule has 0 aromatic heterocycles. The quantitative estimate of drug-likeness (QED) is 0.553. The monoisotopic (exact) mass is 489 g/mol. The van der Waals surface area contributed by atoms with Gasteiger partial charge in [0, 0.05) is 11.6 Å². The second kappa shape index (κ2) is 10.7. The lowest BCUT2D eigenvalue weighted by Gasteiger charge is -2.37. The van der Waals surface area contributed by atoms with E-state index >= 15 is 0 Å². The molecule has 1 unspecified atom stereocenters. The number of aryl methyl sites for hydroxylation is 2. The summed E-state index contributed by atoms with van der Waals surface area (Å²) in [5.41, 5.74) is 3.62. The summed E-state index contributed by atoms with van der Waals surface area (Å²) < 4.78 is 35.4. The fourth-order valence-electron chi connectivity index (χ4n) is 4.82. The molecule has 2 aromatic rings. The van der Waals surface area contributed by atoms with E-state index in [1.807, 2.05) is 30.8 Å². The van der Waals surface area contributed by atoms with Crippen molar-refractivity contribution < 1.29 is 18.3 Å². The summed E-state index contributed by atoms with van der Waals surface area (Å²) in [6.07, 6.45) is 5.65. The molecular formula is C26H35NO4S2. The molecule has 1 saturated heterocycles. The largest absolute Gasteiger partial charge is 0.493 e. The Morgan fingerprint density at radius 2 is 1.88 bits per heavy atom. The van der Waals surface area contributed by atoms with E-state index in [-0.39, 0.29) is 17.5 Å². The number of anilines is 1. The fraction of sp³-hybridized carbons (Fsp3) is 0.538. The molecule has 0 saturated carbocycles. The molecule has 2 aliphatic rings. The first-order valence-electron chi connectivity index (χ1n) is 12.1. The summed E-state index contributed by atoms with van der Waals surface area (Å²) in [6, 6.07) is 11.0. The van der Waals surface area contributed by atoms with Crippen LogP contribution in [0.3, 0.4) is 0 Å². The minimum absolute atomic E-state index is 0.0762. The first kappa shape index (κ1) is 24.4. The predicted molar refractivity (Wildman–Crippen MR) is 136 cm³/mol. The van der Waals surface area contributed by atoms with Crippen LogP contribution in [0.15, 0.2) is 41.3 Å². The minimum Gasteiger partial charge on any atom is -0.493 e. The average Bonchev–Trinajstić information content (AvgIpc) is 2.86.